The van der Waals surface area contributed by atoms with Crippen molar-refractivity contribution in [1.29, 1.82) is 0 Å². The average Bonchev–Trinajstić information content (AvgIpc) is 3.23. The second-order valence-corrected chi connectivity index (χ2v) is 10.6. The van der Waals surface area contributed by atoms with E-state index in [1.54, 1.807) is 0 Å². The van der Waals surface area contributed by atoms with Gasteiger partial charge in [-0.15, -0.1) is 4.57 Å². The molecule has 1 unspecified atom stereocenters. The Balaban J connectivity index is 1.49. The first-order valence-corrected chi connectivity index (χ1v) is 13.4. The summed E-state index contributed by atoms with van der Waals surface area (Å²) in [5.74, 6) is 2.93. The van der Waals surface area contributed by atoms with Gasteiger partial charge in [0.15, 0.2) is 17.4 Å². The van der Waals surface area contributed by atoms with Crippen LogP contribution in [0.3, 0.4) is 0 Å². The maximum Gasteiger partial charge on any atom is 0.374 e. The van der Waals surface area contributed by atoms with E-state index in [-0.39, 0.29) is 0 Å². The largest absolute Gasteiger partial charge is 0.456 e. The molecule has 4 heteroatoms. The van der Waals surface area contributed by atoms with Crippen LogP contribution in [0.5, 0.6) is 11.5 Å². The molecular formula is C35H21N3O+2. The first-order chi connectivity index (χ1) is 19.4. The Morgan fingerprint density at radius 3 is 2.10 bits per heavy atom. The number of rotatable bonds is 0. The molecule has 1 atom stereocenters. The standard InChI is InChI=1S/C35H21N3O/c1-2-11-23-22(10-1)24-12-3-4-15-28(24)38-31-17-6-8-21-37(31)35-32-26(27-14-5-7-20-36(27)35)13-9-16-29(32)39-30-19-18-25(23)34(38)33(30)35/h1-21H/q+2. The molecule has 2 aromatic heterocycles. The van der Waals surface area contributed by atoms with E-state index in [1.807, 2.05) is 0 Å². The molecule has 0 N–H and O–H groups in total. The molecule has 1 spiro atoms. The number of pyridine rings is 2. The van der Waals surface area contributed by atoms with Gasteiger partial charge in [-0.05, 0) is 53.6 Å². The number of hydrogen-bond acceptors (Lipinski definition) is 2. The molecule has 6 aromatic rings. The third-order valence-electron chi connectivity index (χ3n) is 8.86. The number of anilines is 3. The molecule has 39 heavy (non-hydrogen) atoms. The van der Waals surface area contributed by atoms with Crippen molar-refractivity contribution in [1.82, 2.24) is 0 Å². The molecule has 0 amide bonds. The monoisotopic (exact) mass is 499 g/mol. The molecule has 180 valence electrons. The van der Waals surface area contributed by atoms with Crippen LogP contribution in [0.25, 0.3) is 33.5 Å². The van der Waals surface area contributed by atoms with E-state index in [0.29, 0.717) is 0 Å². The quantitative estimate of drug-likeness (QED) is 0.208. The molecule has 0 saturated heterocycles. The highest BCUT2D eigenvalue weighted by molar-refractivity contribution is 6.04. The molecule has 0 bridgehead atoms. The number of ether oxygens (including phenoxy) is 1. The van der Waals surface area contributed by atoms with Gasteiger partial charge in [-0.3, -0.25) is 0 Å². The zero-order valence-corrected chi connectivity index (χ0v) is 20.9. The van der Waals surface area contributed by atoms with Gasteiger partial charge in [-0.25, -0.2) is 0 Å². The van der Waals surface area contributed by atoms with Crippen molar-refractivity contribution in [2.24, 2.45) is 0 Å². The Morgan fingerprint density at radius 1 is 0.513 bits per heavy atom. The summed E-state index contributed by atoms with van der Waals surface area (Å²) >= 11 is 0. The summed E-state index contributed by atoms with van der Waals surface area (Å²) < 4.78 is 11.7. The Kier molecular flexibility index (Phi) is 3.36. The zero-order chi connectivity index (χ0) is 25.3. The second kappa shape index (κ2) is 6.61. The van der Waals surface area contributed by atoms with Crippen molar-refractivity contribution in [2.75, 3.05) is 4.90 Å². The van der Waals surface area contributed by atoms with E-state index in [0.717, 1.165) is 17.3 Å². The van der Waals surface area contributed by atoms with Crippen LogP contribution in [0, 0.1) is 0 Å². The lowest BCUT2D eigenvalue weighted by Crippen LogP contribution is -2.75. The summed E-state index contributed by atoms with van der Waals surface area (Å²) in [6.45, 7) is 0. The van der Waals surface area contributed by atoms with E-state index in [2.05, 4.69) is 142 Å². The summed E-state index contributed by atoms with van der Waals surface area (Å²) in [4.78, 5) is 2.45. The van der Waals surface area contributed by atoms with Gasteiger partial charge in [0.1, 0.15) is 22.7 Å². The molecule has 0 fully saturated rings. The van der Waals surface area contributed by atoms with E-state index < -0.39 is 5.66 Å². The number of benzene rings is 4. The highest BCUT2D eigenvalue weighted by atomic mass is 16.5. The first kappa shape index (κ1) is 19.8. The second-order valence-electron chi connectivity index (χ2n) is 10.6. The van der Waals surface area contributed by atoms with Crippen LogP contribution < -0.4 is 18.8 Å². The van der Waals surface area contributed by atoms with Crippen molar-refractivity contribution < 1.29 is 13.9 Å². The van der Waals surface area contributed by atoms with Gasteiger partial charge in [0, 0.05) is 29.3 Å². The predicted molar refractivity (Wildman–Crippen MR) is 149 cm³/mol. The Bertz CT molecular complexity index is 2080. The molecule has 4 aliphatic rings. The number of hydrogen-bond donors (Lipinski definition) is 0. The minimum absolute atomic E-state index is 0.622. The fraction of sp³-hybridized carbons (Fsp3) is 0.0286. The maximum absolute atomic E-state index is 6.79. The summed E-state index contributed by atoms with van der Waals surface area (Å²) in [5.41, 5.74) is 11.4. The minimum atomic E-state index is -0.622. The van der Waals surface area contributed by atoms with E-state index in [9.17, 15) is 0 Å². The van der Waals surface area contributed by atoms with Crippen LogP contribution in [-0.4, -0.2) is 0 Å². The van der Waals surface area contributed by atoms with Crippen molar-refractivity contribution in [2.45, 2.75) is 5.66 Å². The minimum Gasteiger partial charge on any atom is -0.456 e. The SMILES string of the molecule is c1ccc2c(c1)-c1ccccc1N1c3c-2ccc2c3C3(c4c(cccc4-c4cccc[n+]43)O2)[n+]2ccccc21. The highest BCUT2D eigenvalue weighted by Crippen LogP contribution is 2.62. The fourth-order valence-electron chi connectivity index (χ4n) is 7.52. The van der Waals surface area contributed by atoms with Crippen molar-refractivity contribution in [3.8, 4) is 45.0 Å². The lowest BCUT2D eigenvalue weighted by atomic mass is 9.81. The molecule has 0 aliphatic carbocycles. The number of fused-ring (bicyclic) bond motifs is 9. The Morgan fingerprint density at radius 2 is 1.21 bits per heavy atom. The third kappa shape index (κ3) is 2.09. The molecule has 6 heterocycles. The van der Waals surface area contributed by atoms with E-state index in [1.165, 1.54) is 56.0 Å². The van der Waals surface area contributed by atoms with Crippen LogP contribution in [0.4, 0.5) is 17.2 Å². The molecule has 0 radical (unpaired) electrons. The van der Waals surface area contributed by atoms with Gasteiger partial charge in [-0.2, -0.15) is 9.47 Å². The third-order valence-corrected chi connectivity index (χ3v) is 8.86. The lowest BCUT2D eigenvalue weighted by Gasteiger charge is -2.38. The van der Waals surface area contributed by atoms with Crippen LogP contribution in [0.1, 0.15) is 11.1 Å². The zero-order valence-electron chi connectivity index (χ0n) is 20.9. The van der Waals surface area contributed by atoms with E-state index in [4.69, 9.17) is 4.74 Å². The van der Waals surface area contributed by atoms with Gasteiger partial charge >= 0.3 is 5.66 Å². The first-order valence-electron chi connectivity index (χ1n) is 13.4. The van der Waals surface area contributed by atoms with Gasteiger partial charge in [0.2, 0.25) is 5.69 Å². The lowest BCUT2D eigenvalue weighted by molar-refractivity contribution is -0.959. The normalized spacial score (nSPS) is 17.5. The fourth-order valence-corrected chi connectivity index (χ4v) is 7.52. The molecule has 4 aliphatic heterocycles. The molecule has 10 rings (SSSR count). The summed E-state index contributed by atoms with van der Waals surface area (Å²) in [6.07, 6.45) is 4.46. The van der Waals surface area contributed by atoms with Gasteiger partial charge in [0.25, 0.3) is 5.82 Å². The summed E-state index contributed by atoms with van der Waals surface area (Å²) in [6, 6.07) is 41.5. The van der Waals surface area contributed by atoms with Crippen LogP contribution in [-0.2, 0) is 5.66 Å². The van der Waals surface area contributed by atoms with Crippen molar-refractivity contribution in [3.63, 3.8) is 0 Å². The highest BCUT2D eigenvalue weighted by Gasteiger charge is 2.68. The number of aromatic nitrogens is 2. The maximum atomic E-state index is 6.79. The smallest absolute Gasteiger partial charge is 0.374 e. The van der Waals surface area contributed by atoms with Gasteiger partial charge in [-0.1, -0.05) is 54.6 Å². The molecule has 4 aromatic carbocycles. The Hall–Kier alpha value is -5.22. The molecule has 0 saturated carbocycles. The van der Waals surface area contributed by atoms with Crippen molar-refractivity contribution in [3.05, 3.63) is 139 Å². The van der Waals surface area contributed by atoms with Crippen LogP contribution >= 0.6 is 0 Å². The summed E-state index contributed by atoms with van der Waals surface area (Å²) in [7, 11) is 0. The van der Waals surface area contributed by atoms with E-state index >= 15 is 0 Å². The number of nitrogens with zero attached hydrogens (tertiary/aromatic N) is 3. The summed E-state index contributed by atoms with van der Waals surface area (Å²) in [5, 5.41) is 0. The predicted octanol–water partition coefficient (Wildman–Crippen LogP) is 7.08. The molecule has 4 nitrogen and oxygen atoms in total. The van der Waals surface area contributed by atoms with Crippen molar-refractivity contribution >= 4 is 17.2 Å². The van der Waals surface area contributed by atoms with Crippen LogP contribution in [0.15, 0.2) is 128 Å². The Labute approximate surface area is 225 Å². The number of para-hydroxylation sites is 1. The average molecular weight is 500 g/mol. The molecular weight excluding hydrogens is 478 g/mol. The topological polar surface area (TPSA) is 20.2 Å². The van der Waals surface area contributed by atoms with Crippen LogP contribution in [0.2, 0.25) is 0 Å². The van der Waals surface area contributed by atoms with Gasteiger partial charge < -0.3 is 4.74 Å². The van der Waals surface area contributed by atoms with Gasteiger partial charge in [0.05, 0.1) is 11.8 Å².